The maximum absolute atomic E-state index is 9.49. The Balaban J connectivity index is 2.97. The zero-order valence-electron chi connectivity index (χ0n) is 3.83. The van der Waals surface area contributed by atoms with Gasteiger partial charge in [0.1, 0.15) is 0 Å². The molecule has 0 atom stereocenters. The SMILES string of the molecule is [CH]=CCC[N+](=O)[O-]. The van der Waals surface area contributed by atoms with Gasteiger partial charge in [-0.1, -0.05) is 12.7 Å². The molecule has 0 saturated carbocycles. The van der Waals surface area contributed by atoms with Crippen molar-refractivity contribution in [1.82, 2.24) is 0 Å². The van der Waals surface area contributed by atoms with Gasteiger partial charge in [-0.3, -0.25) is 10.1 Å². The topological polar surface area (TPSA) is 43.1 Å². The summed E-state index contributed by atoms with van der Waals surface area (Å²) in [6, 6.07) is 0. The number of hydrogen-bond donors (Lipinski definition) is 0. The van der Waals surface area contributed by atoms with E-state index in [0.29, 0.717) is 6.42 Å². The number of rotatable bonds is 3. The van der Waals surface area contributed by atoms with Crippen LogP contribution in [-0.4, -0.2) is 11.5 Å². The van der Waals surface area contributed by atoms with Gasteiger partial charge in [-0.2, -0.15) is 0 Å². The standard InChI is InChI=1S/C4H6NO2/c1-2-3-4-5(6)7/h1-2H,3-4H2. The molecule has 0 rings (SSSR count). The van der Waals surface area contributed by atoms with Crippen molar-refractivity contribution < 1.29 is 4.92 Å². The molecule has 0 aromatic carbocycles. The van der Waals surface area contributed by atoms with Gasteiger partial charge in [0.2, 0.25) is 6.54 Å². The summed E-state index contributed by atoms with van der Waals surface area (Å²) in [6.07, 6.45) is 1.63. The Morgan fingerprint density at radius 2 is 2.43 bits per heavy atom. The summed E-state index contributed by atoms with van der Waals surface area (Å²) in [6.45, 7) is 4.79. The molecule has 0 saturated heterocycles. The Morgan fingerprint density at radius 1 is 1.86 bits per heavy atom. The van der Waals surface area contributed by atoms with E-state index in [1.807, 2.05) is 0 Å². The van der Waals surface area contributed by atoms with Crippen LogP contribution in [0.3, 0.4) is 0 Å². The van der Waals surface area contributed by atoms with Crippen LogP contribution in [0.2, 0.25) is 0 Å². The molecule has 39 valence electrons. The third kappa shape index (κ3) is 5.14. The maximum Gasteiger partial charge on any atom is 0.207 e. The minimum Gasteiger partial charge on any atom is -0.265 e. The average Bonchev–Trinajstić information content (AvgIpc) is 1.61. The second-order valence-electron chi connectivity index (χ2n) is 1.08. The van der Waals surface area contributed by atoms with Crippen LogP contribution in [0, 0.1) is 16.7 Å². The smallest absolute Gasteiger partial charge is 0.207 e. The molecule has 0 aliphatic heterocycles. The Bertz CT molecular complexity index is 79.8. The van der Waals surface area contributed by atoms with E-state index in [0.717, 1.165) is 0 Å². The van der Waals surface area contributed by atoms with Gasteiger partial charge < -0.3 is 0 Å². The molecule has 1 radical (unpaired) electrons. The molecule has 0 fully saturated rings. The molecular formula is C4H6NO2. The molecule has 3 heteroatoms. The molecule has 0 aromatic rings. The Labute approximate surface area is 41.8 Å². The van der Waals surface area contributed by atoms with Crippen molar-refractivity contribution in [3.8, 4) is 0 Å². The summed E-state index contributed by atoms with van der Waals surface area (Å²) in [5.74, 6) is 0. The molecule has 0 heterocycles. The molecule has 0 unspecified atom stereocenters. The van der Waals surface area contributed by atoms with Crippen LogP contribution < -0.4 is 0 Å². The highest BCUT2D eigenvalue weighted by Gasteiger charge is 1.88. The van der Waals surface area contributed by atoms with Gasteiger partial charge in [0.05, 0.1) is 0 Å². The first-order valence-corrected chi connectivity index (χ1v) is 1.92. The summed E-state index contributed by atoms with van der Waals surface area (Å²) in [5.41, 5.74) is 0. The molecular weight excluding hydrogens is 94.0 g/mol. The molecule has 0 aromatic heterocycles. The van der Waals surface area contributed by atoms with E-state index in [4.69, 9.17) is 6.58 Å². The van der Waals surface area contributed by atoms with Crippen LogP contribution in [0.15, 0.2) is 6.08 Å². The molecule has 0 N–H and O–H groups in total. The van der Waals surface area contributed by atoms with Crippen molar-refractivity contribution >= 4 is 0 Å². The fourth-order valence-corrected chi connectivity index (χ4v) is 0.180. The molecule has 7 heavy (non-hydrogen) atoms. The van der Waals surface area contributed by atoms with Crippen molar-refractivity contribution in [3.63, 3.8) is 0 Å². The predicted octanol–water partition coefficient (Wildman–Crippen LogP) is 0.642. The van der Waals surface area contributed by atoms with Gasteiger partial charge in [-0.15, -0.1) is 0 Å². The van der Waals surface area contributed by atoms with Gasteiger partial charge in [0.25, 0.3) is 0 Å². The fourth-order valence-electron chi connectivity index (χ4n) is 0.180. The van der Waals surface area contributed by atoms with Gasteiger partial charge in [-0.25, -0.2) is 0 Å². The van der Waals surface area contributed by atoms with Crippen molar-refractivity contribution in [3.05, 3.63) is 22.8 Å². The molecule has 0 aliphatic carbocycles. The monoisotopic (exact) mass is 100 g/mol. The summed E-state index contributed by atoms with van der Waals surface area (Å²) < 4.78 is 0. The van der Waals surface area contributed by atoms with Crippen molar-refractivity contribution in [2.24, 2.45) is 0 Å². The van der Waals surface area contributed by atoms with E-state index in [9.17, 15) is 10.1 Å². The van der Waals surface area contributed by atoms with E-state index in [2.05, 4.69) is 0 Å². The first-order chi connectivity index (χ1) is 3.27. The predicted molar refractivity (Wildman–Crippen MR) is 25.3 cm³/mol. The van der Waals surface area contributed by atoms with Crippen molar-refractivity contribution in [2.75, 3.05) is 6.54 Å². The van der Waals surface area contributed by atoms with E-state index in [1.165, 1.54) is 6.08 Å². The van der Waals surface area contributed by atoms with Crippen LogP contribution >= 0.6 is 0 Å². The van der Waals surface area contributed by atoms with Crippen LogP contribution in [-0.2, 0) is 0 Å². The second-order valence-corrected chi connectivity index (χ2v) is 1.08. The molecule has 0 spiro atoms. The van der Waals surface area contributed by atoms with Gasteiger partial charge in [-0.05, 0) is 0 Å². The first-order valence-electron chi connectivity index (χ1n) is 1.92. The number of nitro groups is 1. The highest BCUT2D eigenvalue weighted by atomic mass is 16.6. The second kappa shape index (κ2) is 3.33. The Kier molecular flexibility index (Phi) is 2.92. The van der Waals surface area contributed by atoms with E-state index >= 15 is 0 Å². The van der Waals surface area contributed by atoms with Crippen molar-refractivity contribution in [1.29, 1.82) is 0 Å². The van der Waals surface area contributed by atoms with E-state index in [1.54, 1.807) is 0 Å². The summed E-state index contributed by atoms with van der Waals surface area (Å²) in [7, 11) is 0. The lowest BCUT2D eigenvalue weighted by molar-refractivity contribution is -0.478. The third-order valence-electron chi connectivity index (χ3n) is 0.478. The lowest BCUT2D eigenvalue weighted by Crippen LogP contribution is -1.97. The summed E-state index contributed by atoms with van der Waals surface area (Å²) >= 11 is 0. The zero-order valence-corrected chi connectivity index (χ0v) is 3.83. The van der Waals surface area contributed by atoms with Crippen LogP contribution in [0.1, 0.15) is 6.42 Å². The summed E-state index contributed by atoms with van der Waals surface area (Å²) in [5, 5.41) is 9.49. The summed E-state index contributed by atoms with van der Waals surface area (Å²) in [4.78, 5) is 9.09. The highest BCUT2D eigenvalue weighted by Crippen LogP contribution is 1.77. The largest absolute Gasteiger partial charge is 0.265 e. The molecule has 3 nitrogen and oxygen atoms in total. The fraction of sp³-hybridized carbons (Fsp3) is 0.500. The third-order valence-corrected chi connectivity index (χ3v) is 0.478. The van der Waals surface area contributed by atoms with E-state index < -0.39 is 4.92 Å². The number of nitrogens with zero attached hydrogens (tertiary/aromatic N) is 1. The first kappa shape index (κ1) is 6.14. The lowest BCUT2D eigenvalue weighted by Gasteiger charge is -1.81. The molecule has 0 amide bonds. The van der Waals surface area contributed by atoms with Gasteiger partial charge in [0, 0.05) is 11.3 Å². The minimum atomic E-state index is -0.399. The quantitative estimate of drug-likeness (QED) is 0.386. The van der Waals surface area contributed by atoms with Crippen molar-refractivity contribution in [2.45, 2.75) is 6.42 Å². The van der Waals surface area contributed by atoms with Crippen LogP contribution in [0.25, 0.3) is 0 Å². The highest BCUT2D eigenvalue weighted by molar-refractivity contribution is 4.59. The Hall–Kier alpha value is -0.860. The Morgan fingerprint density at radius 3 is 2.57 bits per heavy atom. The number of hydrogen-bond acceptors (Lipinski definition) is 2. The molecule has 0 bridgehead atoms. The zero-order chi connectivity index (χ0) is 5.70. The van der Waals surface area contributed by atoms with Gasteiger partial charge >= 0.3 is 0 Å². The van der Waals surface area contributed by atoms with Gasteiger partial charge in [0.15, 0.2) is 0 Å². The lowest BCUT2D eigenvalue weighted by atomic mass is 10.4. The maximum atomic E-state index is 9.49. The van der Waals surface area contributed by atoms with Crippen LogP contribution in [0.5, 0.6) is 0 Å². The van der Waals surface area contributed by atoms with E-state index in [-0.39, 0.29) is 6.54 Å². The molecule has 0 aliphatic rings. The minimum absolute atomic E-state index is 0.0590. The average molecular weight is 100 g/mol. The normalized spacial score (nSPS) is 8.00. The van der Waals surface area contributed by atoms with Crippen LogP contribution in [0.4, 0.5) is 0 Å².